The summed E-state index contributed by atoms with van der Waals surface area (Å²) in [6.07, 6.45) is 4.78. The van der Waals surface area contributed by atoms with Crippen molar-refractivity contribution in [1.82, 2.24) is 0 Å². The van der Waals surface area contributed by atoms with E-state index < -0.39 is 5.60 Å². The highest BCUT2D eigenvalue weighted by atomic mass is 19.1. The summed E-state index contributed by atoms with van der Waals surface area (Å²) >= 11 is 0. The van der Waals surface area contributed by atoms with Gasteiger partial charge < -0.3 is 18.9 Å². The van der Waals surface area contributed by atoms with Gasteiger partial charge in [0.25, 0.3) is 0 Å². The molecule has 0 aromatic heterocycles. The lowest BCUT2D eigenvalue weighted by molar-refractivity contribution is -0.104. The molecule has 5 nitrogen and oxygen atoms in total. The van der Waals surface area contributed by atoms with Gasteiger partial charge in [0.2, 0.25) is 0 Å². The second-order valence-corrected chi connectivity index (χ2v) is 8.99. The van der Waals surface area contributed by atoms with Crippen molar-refractivity contribution >= 4 is 12.4 Å². The molecule has 0 saturated heterocycles. The van der Waals surface area contributed by atoms with E-state index in [1.165, 1.54) is 18.2 Å². The zero-order valence-electron chi connectivity index (χ0n) is 20.1. The number of hydrogen-bond acceptors (Lipinski definition) is 5. The molecule has 0 saturated carbocycles. The summed E-state index contributed by atoms with van der Waals surface area (Å²) in [5.74, 6) is 1.16. The SMILES string of the molecule is COCCOCCOc1c2c(c(C(C)C)c(/C=C/C=O)c1-c1ccc(F)cc1)CC(C)(C)O2. The quantitative estimate of drug-likeness (QED) is 0.251. The summed E-state index contributed by atoms with van der Waals surface area (Å²) in [6.45, 7) is 10.0. The van der Waals surface area contributed by atoms with Gasteiger partial charge in [0.1, 0.15) is 24.3 Å². The lowest BCUT2D eigenvalue weighted by atomic mass is 9.83. The standard InChI is InChI=1S/C27H33FO5/c1-18(2)23-21(7-6-12-29)24(19-8-10-20(28)11-9-19)26(32-16-15-31-14-13-30-5)25-22(23)17-27(3,4)33-25/h6-12,18H,13-17H2,1-5H3/b7-6+. The van der Waals surface area contributed by atoms with Gasteiger partial charge in [-0.25, -0.2) is 4.39 Å². The molecule has 1 aliphatic heterocycles. The Balaban J connectivity index is 2.19. The predicted octanol–water partition coefficient (Wildman–Crippen LogP) is 5.58. The van der Waals surface area contributed by atoms with E-state index in [0.29, 0.717) is 37.9 Å². The van der Waals surface area contributed by atoms with Crippen molar-refractivity contribution in [3.8, 4) is 22.6 Å². The lowest BCUT2D eigenvalue weighted by Gasteiger charge is -2.24. The first-order valence-corrected chi connectivity index (χ1v) is 11.3. The molecule has 0 fully saturated rings. The second kappa shape index (κ2) is 10.9. The summed E-state index contributed by atoms with van der Waals surface area (Å²) in [4.78, 5) is 11.3. The van der Waals surface area contributed by atoms with Gasteiger partial charge in [-0.05, 0) is 54.7 Å². The minimum atomic E-state index is -0.397. The third-order valence-electron chi connectivity index (χ3n) is 5.53. The van der Waals surface area contributed by atoms with Crippen molar-refractivity contribution in [2.45, 2.75) is 45.6 Å². The fourth-order valence-corrected chi connectivity index (χ4v) is 4.27. The van der Waals surface area contributed by atoms with E-state index in [4.69, 9.17) is 18.9 Å². The van der Waals surface area contributed by atoms with Crippen molar-refractivity contribution in [2.75, 3.05) is 33.5 Å². The number of hydrogen-bond donors (Lipinski definition) is 0. The monoisotopic (exact) mass is 456 g/mol. The molecule has 0 N–H and O–H groups in total. The van der Waals surface area contributed by atoms with Crippen LogP contribution < -0.4 is 9.47 Å². The van der Waals surface area contributed by atoms with Gasteiger partial charge in [0.15, 0.2) is 11.5 Å². The van der Waals surface area contributed by atoms with Crippen molar-refractivity contribution in [1.29, 1.82) is 0 Å². The first-order valence-electron chi connectivity index (χ1n) is 11.3. The number of halogens is 1. The molecule has 2 aromatic carbocycles. The second-order valence-electron chi connectivity index (χ2n) is 8.99. The Morgan fingerprint density at radius 3 is 2.45 bits per heavy atom. The van der Waals surface area contributed by atoms with Crippen LogP contribution >= 0.6 is 0 Å². The van der Waals surface area contributed by atoms with Crippen LogP contribution in [0.2, 0.25) is 0 Å². The number of carbonyl (C=O) groups is 1. The van der Waals surface area contributed by atoms with Crippen molar-refractivity contribution in [2.24, 2.45) is 0 Å². The van der Waals surface area contributed by atoms with Crippen molar-refractivity contribution in [3.05, 3.63) is 52.8 Å². The van der Waals surface area contributed by atoms with Crippen molar-refractivity contribution in [3.63, 3.8) is 0 Å². The average molecular weight is 457 g/mol. The maximum atomic E-state index is 13.7. The van der Waals surface area contributed by atoms with Crippen LogP contribution in [0.4, 0.5) is 4.39 Å². The number of ether oxygens (including phenoxy) is 4. The molecule has 1 heterocycles. The largest absolute Gasteiger partial charge is 0.487 e. The third kappa shape index (κ3) is 5.81. The molecule has 3 rings (SSSR count). The van der Waals surface area contributed by atoms with E-state index in [9.17, 15) is 9.18 Å². The highest BCUT2D eigenvalue weighted by molar-refractivity contribution is 5.89. The van der Waals surface area contributed by atoms with E-state index in [0.717, 1.165) is 40.5 Å². The number of benzene rings is 2. The molecule has 1 aliphatic rings. The number of methoxy groups -OCH3 is 1. The van der Waals surface area contributed by atoms with Gasteiger partial charge in [-0.1, -0.05) is 32.1 Å². The zero-order valence-corrected chi connectivity index (χ0v) is 20.1. The fourth-order valence-electron chi connectivity index (χ4n) is 4.27. The Kier molecular flexibility index (Phi) is 8.27. The fraction of sp³-hybridized carbons (Fsp3) is 0.444. The molecule has 0 bridgehead atoms. The maximum Gasteiger partial charge on any atom is 0.170 e. The summed E-state index contributed by atoms with van der Waals surface area (Å²) < 4.78 is 37.0. The average Bonchev–Trinajstić information content (AvgIpc) is 3.09. The molecule has 0 amide bonds. The van der Waals surface area contributed by atoms with E-state index >= 15 is 0 Å². The Morgan fingerprint density at radius 1 is 1.12 bits per heavy atom. The van der Waals surface area contributed by atoms with E-state index in [1.54, 1.807) is 19.2 Å². The van der Waals surface area contributed by atoms with Crippen LogP contribution in [-0.2, 0) is 20.7 Å². The summed E-state index contributed by atoms with van der Waals surface area (Å²) in [6, 6.07) is 6.30. The van der Waals surface area contributed by atoms with Crippen LogP contribution in [0.15, 0.2) is 30.3 Å². The van der Waals surface area contributed by atoms with Crippen LogP contribution in [0.25, 0.3) is 17.2 Å². The molecular formula is C27H33FO5. The Bertz CT molecular complexity index is 993. The topological polar surface area (TPSA) is 54.0 Å². The number of rotatable bonds is 11. The molecule has 2 aromatic rings. The normalized spacial score (nSPS) is 14.5. The summed E-state index contributed by atoms with van der Waals surface area (Å²) in [5, 5.41) is 0. The molecule has 0 spiro atoms. The lowest BCUT2D eigenvalue weighted by Crippen LogP contribution is -2.25. The molecule has 0 radical (unpaired) electrons. The third-order valence-corrected chi connectivity index (χ3v) is 5.53. The number of allylic oxidation sites excluding steroid dienone is 1. The van der Waals surface area contributed by atoms with E-state index in [-0.39, 0.29) is 11.7 Å². The van der Waals surface area contributed by atoms with Crippen LogP contribution in [0, 0.1) is 5.82 Å². The molecule has 33 heavy (non-hydrogen) atoms. The van der Waals surface area contributed by atoms with Crippen LogP contribution in [-0.4, -0.2) is 45.4 Å². The summed E-state index contributed by atoms with van der Waals surface area (Å²) in [7, 11) is 1.63. The van der Waals surface area contributed by atoms with Gasteiger partial charge >= 0.3 is 0 Å². The molecular weight excluding hydrogens is 423 g/mol. The maximum absolute atomic E-state index is 13.7. The minimum Gasteiger partial charge on any atom is -0.487 e. The smallest absolute Gasteiger partial charge is 0.170 e. The van der Waals surface area contributed by atoms with Gasteiger partial charge in [-0.3, -0.25) is 4.79 Å². The predicted molar refractivity (Wildman–Crippen MR) is 128 cm³/mol. The highest BCUT2D eigenvalue weighted by Crippen LogP contribution is 2.53. The van der Waals surface area contributed by atoms with Crippen LogP contribution in [0.1, 0.15) is 50.3 Å². The first kappa shape index (κ1) is 24.9. The Labute approximate surface area is 195 Å². The van der Waals surface area contributed by atoms with Gasteiger partial charge in [0.05, 0.1) is 19.8 Å². The first-order chi connectivity index (χ1) is 15.8. The van der Waals surface area contributed by atoms with Gasteiger partial charge in [-0.15, -0.1) is 0 Å². The van der Waals surface area contributed by atoms with Crippen LogP contribution in [0.3, 0.4) is 0 Å². The van der Waals surface area contributed by atoms with Crippen LogP contribution in [0.5, 0.6) is 11.5 Å². The molecule has 0 unspecified atom stereocenters. The zero-order chi connectivity index (χ0) is 24.0. The van der Waals surface area contributed by atoms with Gasteiger partial charge in [0, 0.05) is 24.7 Å². The molecule has 0 aliphatic carbocycles. The minimum absolute atomic E-state index is 0.174. The van der Waals surface area contributed by atoms with Gasteiger partial charge in [-0.2, -0.15) is 0 Å². The molecule has 6 heteroatoms. The highest BCUT2D eigenvalue weighted by Gasteiger charge is 2.38. The Hall–Kier alpha value is -2.70. The molecule has 0 atom stereocenters. The number of carbonyl (C=O) groups excluding carboxylic acids is 1. The summed E-state index contributed by atoms with van der Waals surface area (Å²) in [5.41, 5.74) is 4.25. The van der Waals surface area contributed by atoms with E-state index in [1.807, 2.05) is 19.9 Å². The molecule has 178 valence electrons. The number of aldehydes is 1. The van der Waals surface area contributed by atoms with E-state index in [2.05, 4.69) is 13.8 Å². The number of fused-ring (bicyclic) bond motifs is 1. The Morgan fingerprint density at radius 2 is 1.82 bits per heavy atom. The van der Waals surface area contributed by atoms with Crippen molar-refractivity contribution < 1.29 is 28.1 Å².